The number of halogens is 2. The summed E-state index contributed by atoms with van der Waals surface area (Å²) in [6.45, 7) is 8.28. The van der Waals surface area contributed by atoms with Gasteiger partial charge < -0.3 is 17.3 Å². The highest BCUT2D eigenvalue weighted by molar-refractivity contribution is 6.75. The highest BCUT2D eigenvalue weighted by atomic mass is 35.5. The second-order valence-corrected chi connectivity index (χ2v) is 9.99. The lowest BCUT2D eigenvalue weighted by atomic mass is 10.7. The molecule has 0 aliphatic carbocycles. The minimum Gasteiger partial charge on any atom is -1.00 e. The first-order valence-electron chi connectivity index (χ1n) is 3.83. The Labute approximate surface area is 82.5 Å². The van der Waals surface area contributed by atoms with E-state index in [2.05, 4.69) is 26.7 Å². The average Bonchev–Trinajstić information content (AvgIpc) is 1.59. The van der Waals surface area contributed by atoms with Gasteiger partial charge >= 0.3 is 0 Å². The van der Waals surface area contributed by atoms with Crippen molar-refractivity contribution < 1.29 is 17.3 Å². The lowest BCUT2D eigenvalue weighted by Gasteiger charge is -2.20. The second kappa shape index (κ2) is 6.29. The molecule has 0 saturated heterocycles. The number of quaternary nitrogens is 1. The predicted molar refractivity (Wildman–Crippen MR) is 50.7 cm³/mol. The lowest BCUT2D eigenvalue weighted by Crippen LogP contribution is -3.11. The van der Waals surface area contributed by atoms with Gasteiger partial charge in [0.25, 0.3) is 0 Å². The Kier molecular flexibility index (Phi) is 8.17. The number of hydrogen-bond acceptors (Lipinski definition) is 0. The highest BCUT2D eigenvalue weighted by Crippen LogP contribution is 1.94. The summed E-state index contributed by atoms with van der Waals surface area (Å²) in [6, 6.07) is 0. The van der Waals surface area contributed by atoms with Crippen molar-refractivity contribution in [1.82, 2.24) is 0 Å². The molecule has 70 valence electrons. The van der Waals surface area contributed by atoms with Crippen molar-refractivity contribution in [2.45, 2.75) is 19.6 Å². The van der Waals surface area contributed by atoms with E-state index in [1.807, 2.05) is 0 Å². The van der Waals surface area contributed by atoms with Gasteiger partial charge in [0.15, 0.2) is 0 Å². The molecule has 0 aromatic rings. The van der Waals surface area contributed by atoms with E-state index in [1.165, 1.54) is 6.17 Å². The number of hydrogen-bond donors (Lipinski definition) is 1. The van der Waals surface area contributed by atoms with Gasteiger partial charge in [0, 0.05) is 0 Å². The average molecular weight is 216 g/mol. The fraction of sp³-hybridized carbons (Fsp3) is 1.00. The maximum atomic E-state index is 5.62. The van der Waals surface area contributed by atoms with Gasteiger partial charge in [-0.25, -0.2) is 0 Å². The molecule has 0 aliphatic rings. The first-order valence-corrected chi connectivity index (χ1v) is 8.07. The molecule has 0 amide bonds. The maximum absolute atomic E-state index is 5.62. The summed E-state index contributed by atoms with van der Waals surface area (Å²) < 4.78 is 0. The minimum absolute atomic E-state index is 0. The summed E-state index contributed by atoms with van der Waals surface area (Å²) in [4.78, 5) is 1.58. The van der Waals surface area contributed by atoms with Crippen LogP contribution in [0.4, 0.5) is 0 Å². The van der Waals surface area contributed by atoms with E-state index in [1.54, 1.807) is 4.90 Å². The Morgan fingerprint density at radius 1 is 1.27 bits per heavy atom. The van der Waals surface area contributed by atoms with Crippen LogP contribution >= 0.6 is 11.6 Å². The maximum Gasteiger partial charge on any atom is 0.110 e. The second-order valence-electron chi connectivity index (χ2n) is 4.13. The zero-order chi connectivity index (χ0) is 8.20. The standard InChI is InChI=1S/C7H18ClNSi.ClH/c1-9(6-5-8)7-10(2,3)4;/h5-7H2,1-4H3;1H. The molecule has 4 heteroatoms. The predicted octanol–water partition coefficient (Wildman–Crippen LogP) is -2.38. The van der Waals surface area contributed by atoms with Crippen LogP contribution < -0.4 is 17.3 Å². The third-order valence-electron chi connectivity index (χ3n) is 1.35. The molecular formula is C7H19Cl2NSi. The fourth-order valence-electron chi connectivity index (χ4n) is 1.16. The molecule has 0 heterocycles. The molecule has 1 atom stereocenters. The van der Waals surface area contributed by atoms with Gasteiger partial charge in [-0.2, -0.15) is 0 Å². The van der Waals surface area contributed by atoms with Crippen molar-refractivity contribution in [2.24, 2.45) is 0 Å². The normalized spacial score (nSPS) is 13.9. The molecule has 0 radical (unpaired) electrons. The number of rotatable bonds is 4. The van der Waals surface area contributed by atoms with Gasteiger partial charge in [0.1, 0.15) is 8.07 Å². The van der Waals surface area contributed by atoms with Gasteiger partial charge in [-0.05, 0) is 0 Å². The molecule has 0 fully saturated rings. The van der Waals surface area contributed by atoms with E-state index in [4.69, 9.17) is 11.6 Å². The molecule has 11 heavy (non-hydrogen) atoms. The Bertz CT molecular complexity index is 92.9. The topological polar surface area (TPSA) is 4.44 Å². The molecule has 1 nitrogen and oxygen atoms in total. The van der Waals surface area contributed by atoms with Crippen LogP contribution in [0.1, 0.15) is 0 Å². The summed E-state index contributed by atoms with van der Waals surface area (Å²) in [5.41, 5.74) is 0. The van der Waals surface area contributed by atoms with Gasteiger partial charge in [0.2, 0.25) is 0 Å². The summed E-state index contributed by atoms with van der Waals surface area (Å²) in [6.07, 6.45) is 1.33. The van der Waals surface area contributed by atoms with Crippen LogP contribution in [-0.2, 0) is 0 Å². The smallest absolute Gasteiger partial charge is 0.110 e. The van der Waals surface area contributed by atoms with Crippen LogP contribution in [-0.4, -0.2) is 33.7 Å². The quantitative estimate of drug-likeness (QED) is 0.395. The Morgan fingerprint density at radius 3 is 2.00 bits per heavy atom. The van der Waals surface area contributed by atoms with Crippen LogP contribution in [0.25, 0.3) is 0 Å². The van der Waals surface area contributed by atoms with Crippen molar-refractivity contribution in [3.05, 3.63) is 0 Å². The Morgan fingerprint density at radius 2 is 1.73 bits per heavy atom. The molecule has 1 unspecified atom stereocenters. The molecule has 0 aliphatic heterocycles. The van der Waals surface area contributed by atoms with E-state index >= 15 is 0 Å². The zero-order valence-corrected chi connectivity index (χ0v) is 10.4. The Hall–Kier alpha value is 0.757. The van der Waals surface area contributed by atoms with Crippen LogP contribution in [0, 0.1) is 0 Å². The molecule has 1 N–H and O–H groups in total. The Balaban J connectivity index is 0. The van der Waals surface area contributed by atoms with Crippen molar-refractivity contribution >= 4 is 19.7 Å². The summed E-state index contributed by atoms with van der Waals surface area (Å²) >= 11 is 5.62. The van der Waals surface area contributed by atoms with E-state index in [0.717, 1.165) is 12.4 Å². The van der Waals surface area contributed by atoms with Crippen molar-refractivity contribution in [1.29, 1.82) is 0 Å². The third kappa shape index (κ3) is 10.8. The third-order valence-corrected chi connectivity index (χ3v) is 3.21. The zero-order valence-electron chi connectivity index (χ0n) is 7.88. The first-order chi connectivity index (χ1) is 4.45. The van der Waals surface area contributed by atoms with Crippen LogP contribution in [0.5, 0.6) is 0 Å². The van der Waals surface area contributed by atoms with Crippen molar-refractivity contribution in [2.75, 3.05) is 25.6 Å². The van der Waals surface area contributed by atoms with Gasteiger partial charge in [-0.3, -0.25) is 0 Å². The van der Waals surface area contributed by atoms with Crippen LogP contribution in [0.2, 0.25) is 19.6 Å². The van der Waals surface area contributed by atoms with E-state index < -0.39 is 8.07 Å². The van der Waals surface area contributed by atoms with Gasteiger partial charge in [-0.15, -0.1) is 11.6 Å². The van der Waals surface area contributed by atoms with E-state index in [0.29, 0.717) is 0 Å². The molecule has 0 spiro atoms. The van der Waals surface area contributed by atoms with Gasteiger partial charge in [0.05, 0.1) is 25.6 Å². The fourth-order valence-corrected chi connectivity index (χ4v) is 3.47. The largest absolute Gasteiger partial charge is 1.00 e. The molecule has 0 aromatic carbocycles. The lowest BCUT2D eigenvalue weighted by molar-refractivity contribution is -0.866. The van der Waals surface area contributed by atoms with Crippen LogP contribution in [0.15, 0.2) is 0 Å². The highest BCUT2D eigenvalue weighted by Gasteiger charge is 2.18. The number of nitrogens with one attached hydrogen (secondary N) is 1. The summed E-state index contributed by atoms with van der Waals surface area (Å²) in [5.74, 6) is 0.788. The van der Waals surface area contributed by atoms with E-state index in [-0.39, 0.29) is 12.4 Å². The summed E-state index contributed by atoms with van der Waals surface area (Å²) in [7, 11) is 1.37. The molecule has 0 rings (SSSR count). The molecule has 0 bridgehead atoms. The SMILES string of the molecule is C[NH+](CCCl)C[Si](C)(C)C.[Cl-]. The summed E-state index contributed by atoms with van der Waals surface area (Å²) in [5, 5.41) is 0. The molecule has 0 saturated carbocycles. The minimum atomic E-state index is -0.853. The molecule has 0 aromatic heterocycles. The first kappa shape index (κ1) is 14.3. The van der Waals surface area contributed by atoms with Gasteiger partial charge in [-0.1, -0.05) is 19.6 Å². The van der Waals surface area contributed by atoms with E-state index in [9.17, 15) is 0 Å². The monoisotopic (exact) mass is 215 g/mol. The van der Waals surface area contributed by atoms with Crippen molar-refractivity contribution in [3.63, 3.8) is 0 Å². The van der Waals surface area contributed by atoms with Crippen molar-refractivity contribution in [3.8, 4) is 0 Å². The van der Waals surface area contributed by atoms with Crippen LogP contribution in [0.3, 0.4) is 0 Å². The molecular weight excluding hydrogens is 197 g/mol. The number of alkyl halides is 1.